The first-order chi connectivity index (χ1) is 18.7. The average Bonchev–Trinajstić information content (AvgIpc) is 2.80. The Morgan fingerprint density at radius 3 is 2.02 bits per heavy atom. The molecule has 2 rings (SSSR count). The largest absolute Gasteiger partial charge is 0.573 e. The summed E-state index contributed by atoms with van der Waals surface area (Å²) in [6, 6.07) is 8.84. The van der Waals surface area contributed by atoms with Crippen molar-refractivity contribution < 1.29 is 46.9 Å². The van der Waals surface area contributed by atoms with Crippen molar-refractivity contribution in [2.75, 3.05) is 0 Å². The van der Waals surface area contributed by atoms with Crippen LogP contribution >= 0.6 is 11.6 Å². The summed E-state index contributed by atoms with van der Waals surface area (Å²) in [7, 11) is 0. The minimum absolute atomic E-state index is 0.00368. The van der Waals surface area contributed by atoms with E-state index >= 15 is 0 Å². The van der Waals surface area contributed by atoms with Crippen LogP contribution in [0.3, 0.4) is 0 Å². The van der Waals surface area contributed by atoms with Crippen molar-refractivity contribution in [1.29, 1.82) is 0 Å². The Hall–Kier alpha value is -3.51. The van der Waals surface area contributed by atoms with Crippen molar-refractivity contribution in [3.63, 3.8) is 0 Å². The smallest absolute Gasteiger partial charge is 0.458 e. The number of benzene rings is 2. The monoisotopic (exact) mass is 602 g/mol. The van der Waals surface area contributed by atoms with Crippen molar-refractivity contribution in [2.24, 2.45) is 0 Å². The molecule has 9 nitrogen and oxygen atoms in total. The van der Waals surface area contributed by atoms with Crippen LogP contribution in [0.5, 0.6) is 5.75 Å². The topological polar surface area (TPSA) is 123 Å². The molecule has 0 saturated heterocycles. The van der Waals surface area contributed by atoms with Gasteiger partial charge in [0.05, 0.1) is 11.1 Å². The van der Waals surface area contributed by atoms with Crippen molar-refractivity contribution in [3.05, 3.63) is 64.7 Å². The number of aliphatic hydroxyl groups excluding tert-OH is 1. The Bertz CT molecular complexity index is 1210. The number of hydrogen-bond donors (Lipinski definition) is 3. The van der Waals surface area contributed by atoms with Gasteiger partial charge in [0.1, 0.15) is 17.0 Å². The van der Waals surface area contributed by atoms with Gasteiger partial charge in [-0.15, -0.1) is 13.2 Å². The molecule has 2 aromatic rings. The van der Waals surface area contributed by atoms with Gasteiger partial charge in [-0.3, -0.25) is 4.79 Å². The van der Waals surface area contributed by atoms with Crippen molar-refractivity contribution >= 4 is 29.6 Å². The quantitative estimate of drug-likeness (QED) is 0.336. The SMILES string of the molecule is CC(C)(C)OC(=O)N[C@H](Cc1ccccc1)[C@H](O)C(=O)N[C@H](C(=O)OC(C)(C)C)c1ccc(Cl)c(OC(F)(F)F)c1. The summed E-state index contributed by atoms with van der Waals surface area (Å²) in [5.74, 6) is -2.96. The first-order valence-electron chi connectivity index (χ1n) is 12.5. The van der Waals surface area contributed by atoms with E-state index in [4.69, 9.17) is 21.1 Å². The second kappa shape index (κ2) is 13.4. The average molecular weight is 603 g/mol. The lowest BCUT2D eigenvalue weighted by Gasteiger charge is -2.29. The van der Waals surface area contributed by atoms with Gasteiger partial charge in [0, 0.05) is 0 Å². The summed E-state index contributed by atoms with van der Waals surface area (Å²) >= 11 is 5.84. The summed E-state index contributed by atoms with van der Waals surface area (Å²) in [6.45, 7) is 9.57. The molecule has 2 aromatic carbocycles. The summed E-state index contributed by atoms with van der Waals surface area (Å²) in [6.07, 6.45) is -7.91. The molecule has 226 valence electrons. The van der Waals surface area contributed by atoms with Gasteiger partial charge in [-0.2, -0.15) is 0 Å². The lowest BCUT2D eigenvalue weighted by Crippen LogP contribution is -2.53. The summed E-state index contributed by atoms with van der Waals surface area (Å²) in [4.78, 5) is 38.9. The van der Waals surface area contributed by atoms with Crippen LogP contribution in [0.4, 0.5) is 18.0 Å². The molecule has 3 N–H and O–H groups in total. The molecule has 41 heavy (non-hydrogen) atoms. The molecule has 0 aromatic heterocycles. The lowest BCUT2D eigenvalue weighted by atomic mass is 9.99. The second-order valence-electron chi connectivity index (χ2n) is 11.1. The van der Waals surface area contributed by atoms with Crippen LogP contribution in [0.1, 0.15) is 58.7 Å². The van der Waals surface area contributed by atoms with Crippen LogP contribution in [0.25, 0.3) is 0 Å². The number of rotatable bonds is 9. The number of ether oxygens (including phenoxy) is 3. The Morgan fingerprint density at radius 2 is 1.49 bits per heavy atom. The molecule has 0 unspecified atom stereocenters. The van der Waals surface area contributed by atoms with Crippen LogP contribution in [0, 0.1) is 0 Å². The van der Waals surface area contributed by atoms with E-state index in [1.54, 1.807) is 71.9 Å². The predicted molar refractivity (Wildman–Crippen MR) is 144 cm³/mol. The second-order valence-corrected chi connectivity index (χ2v) is 11.5. The highest BCUT2D eigenvalue weighted by molar-refractivity contribution is 6.32. The van der Waals surface area contributed by atoms with E-state index in [9.17, 15) is 32.7 Å². The zero-order valence-electron chi connectivity index (χ0n) is 23.5. The molecule has 0 aliphatic rings. The molecule has 0 aliphatic heterocycles. The van der Waals surface area contributed by atoms with Crippen LogP contribution in [-0.2, 0) is 25.5 Å². The maximum atomic E-state index is 13.3. The fourth-order valence-corrected chi connectivity index (χ4v) is 3.68. The molecule has 0 radical (unpaired) electrons. The molecular weight excluding hydrogens is 569 g/mol. The van der Waals surface area contributed by atoms with E-state index in [-0.39, 0.29) is 12.0 Å². The summed E-state index contributed by atoms with van der Waals surface area (Å²) in [5, 5.41) is 15.4. The highest BCUT2D eigenvalue weighted by Crippen LogP contribution is 2.33. The molecule has 0 heterocycles. The third-order valence-corrected chi connectivity index (χ3v) is 5.41. The van der Waals surface area contributed by atoms with Gasteiger partial charge < -0.3 is 30.0 Å². The molecule has 0 saturated carbocycles. The summed E-state index contributed by atoms with van der Waals surface area (Å²) in [5.41, 5.74) is -1.41. The molecule has 2 amide bonds. The van der Waals surface area contributed by atoms with E-state index in [1.807, 2.05) is 0 Å². The van der Waals surface area contributed by atoms with E-state index in [1.165, 1.54) is 6.07 Å². The number of carbonyl (C=O) groups excluding carboxylic acids is 3. The van der Waals surface area contributed by atoms with Crippen LogP contribution in [0.2, 0.25) is 5.02 Å². The maximum absolute atomic E-state index is 13.3. The third kappa shape index (κ3) is 11.9. The van der Waals surface area contributed by atoms with Crippen LogP contribution in [0.15, 0.2) is 48.5 Å². The zero-order chi connectivity index (χ0) is 31.2. The fourth-order valence-electron chi connectivity index (χ4n) is 3.52. The minimum Gasteiger partial charge on any atom is -0.458 e. The molecule has 0 bridgehead atoms. The molecule has 3 atom stereocenters. The van der Waals surface area contributed by atoms with Crippen LogP contribution < -0.4 is 15.4 Å². The first-order valence-corrected chi connectivity index (χ1v) is 12.9. The van der Waals surface area contributed by atoms with Crippen molar-refractivity contribution in [3.8, 4) is 5.75 Å². The Labute approximate surface area is 241 Å². The standard InChI is InChI=1S/C28H34ClF3N2O7/c1-26(2,3)40-24(37)21(17-12-13-18(29)20(15-17)39-28(30,31)32)34-23(36)22(35)19(14-16-10-8-7-9-11-16)33-25(38)41-27(4,5)6/h7-13,15,19,21-22,35H,14H2,1-6H3,(H,33,38)(H,34,36)/t19-,21+,22+/m1/s1. The number of nitrogens with one attached hydrogen (secondary N) is 2. The molecule has 0 fully saturated rings. The van der Waals surface area contributed by atoms with E-state index in [0.29, 0.717) is 5.56 Å². The van der Waals surface area contributed by atoms with Gasteiger partial charge in [-0.1, -0.05) is 48.0 Å². The van der Waals surface area contributed by atoms with Gasteiger partial charge >= 0.3 is 18.4 Å². The summed E-state index contributed by atoms with van der Waals surface area (Å²) < 4.78 is 53.3. The lowest BCUT2D eigenvalue weighted by molar-refractivity contribution is -0.274. The highest BCUT2D eigenvalue weighted by Gasteiger charge is 2.36. The van der Waals surface area contributed by atoms with Gasteiger partial charge in [0.2, 0.25) is 0 Å². The third-order valence-electron chi connectivity index (χ3n) is 5.09. The molecule has 13 heteroatoms. The Morgan fingerprint density at radius 1 is 0.902 bits per heavy atom. The minimum atomic E-state index is -5.08. The van der Waals surface area contributed by atoms with E-state index in [2.05, 4.69) is 15.4 Å². The molecule has 0 aliphatic carbocycles. The van der Waals surface area contributed by atoms with Crippen molar-refractivity contribution in [2.45, 2.75) is 83.7 Å². The van der Waals surface area contributed by atoms with E-state index < -0.39 is 64.5 Å². The number of alkyl carbamates (subject to hydrolysis) is 1. The number of alkyl halides is 3. The van der Waals surface area contributed by atoms with Gasteiger partial charge in [-0.25, -0.2) is 9.59 Å². The van der Waals surface area contributed by atoms with E-state index in [0.717, 1.165) is 12.1 Å². The highest BCUT2D eigenvalue weighted by atomic mass is 35.5. The molecule has 0 spiro atoms. The normalized spacial score (nSPS) is 14.3. The number of hydrogen-bond acceptors (Lipinski definition) is 7. The maximum Gasteiger partial charge on any atom is 0.573 e. The van der Waals surface area contributed by atoms with Gasteiger partial charge in [-0.05, 0) is 71.2 Å². The number of carbonyl (C=O) groups is 3. The number of esters is 1. The fraction of sp³-hybridized carbons (Fsp3) is 0.464. The first kappa shape index (κ1) is 33.7. The number of halogens is 4. The van der Waals surface area contributed by atoms with Gasteiger partial charge in [0.25, 0.3) is 5.91 Å². The van der Waals surface area contributed by atoms with Crippen molar-refractivity contribution in [1.82, 2.24) is 10.6 Å². The number of amides is 2. The zero-order valence-corrected chi connectivity index (χ0v) is 24.2. The predicted octanol–water partition coefficient (Wildman–Crippen LogP) is 5.23. The number of aliphatic hydroxyl groups is 1. The Balaban J connectivity index is 2.41. The molecular formula is C28H34ClF3N2O7. The van der Waals surface area contributed by atoms with Gasteiger partial charge in [0.15, 0.2) is 12.1 Å². The van der Waals surface area contributed by atoms with Crippen LogP contribution in [-0.4, -0.2) is 52.8 Å². The Kier molecular flexibility index (Phi) is 11.0.